The molecule has 2 rings (SSSR count). The van der Waals surface area contributed by atoms with Gasteiger partial charge in [-0.15, -0.1) is 0 Å². The molecule has 1 atom stereocenters. The Bertz CT molecular complexity index is 447. The van der Waals surface area contributed by atoms with Crippen LogP contribution in [-0.2, 0) is 9.53 Å². The molecule has 1 aromatic carbocycles. The number of ether oxygens (including phenoxy) is 1. The lowest BCUT2D eigenvalue weighted by Gasteiger charge is -2.22. The topological polar surface area (TPSA) is 38.3 Å². The van der Waals surface area contributed by atoms with Gasteiger partial charge in [0.15, 0.2) is 0 Å². The summed E-state index contributed by atoms with van der Waals surface area (Å²) in [5.74, 6) is -0.605. The molecule has 1 fully saturated rings. The first-order chi connectivity index (χ1) is 9.15. The molecule has 1 aliphatic heterocycles. The molecule has 0 bridgehead atoms. The Morgan fingerprint density at radius 2 is 2.32 bits per heavy atom. The van der Waals surface area contributed by atoms with Crippen LogP contribution < -0.4 is 5.32 Å². The first kappa shape index (κ1) is 14.5. The molecule has 1 N–H and O–H groups in total. The predicted molar refractivity (Wildman–Crippen MR) is 75.6 cm³/mol. The van der Waals surface area contributed by atoms with Crippen molar-refractivity contribution in [3.63, 3.8) is 0 Å². The number of amides is 1. The van der Waals surface area contributed by atoms with Crippen molar-refractivity contribution in [1.29, 1.82) is 0 Å². The maximum atomic E-state index is 13.5. The van der Waals surface area contributed by atoms with Gasteiger partial charge in [0, 0.05) is 17.5 Å². The monoisotopic (exact) mass is 329 g/mol. The number of carbonyl (C=O) groups is 1. The molecule has 19 heavy (non-hydrogen) atoms. The number of hydrogen-bond acceptors (Lipinski definition) is 2. The summed E-state index contributed by atoms with van der Waals surface area (Å²) in [5.41, 5.74) is 0.220. The Labute approximate surface area is 120 Å². The zero-order valence-corrected chi connectivity index (χ0v) is 12.2. The van der Waals surface area contributed by atoms with Crippen molar-refractivity contribution >= 4 is 27.5 Å². The minimum absolute atomic E-state index is 0.171. The minimum Gasteiger partial charge on any atom is -0.378 e. The lowest BCUT2D eigenvalue weighted by atomic mass is 10.0. The Kier molecular flexibility index (Phi) is 5.34. The molecule has 1 amide bonds. The van der Waals surface area contributed by atoms with E-state index in [1.54, 1.807) is 12.1 Å². The summed E-state index contributed by atoms with van der Waals surface area (Å²) in [6.45, 7) is 0.785. The van der Waals surface area contributed by atoms with Gasteiger partial charge in [-0.2, -0.15) is 0 Å². The molecule has 3 nitrogen and oxygen atoms in total. The number of hydrogen-bond donors (Lipinski definition) is 1. The summed E-state index contributed by atoms with van der Waals surface area (Å²) < 4.78 is 19.7. The van der Waals surface area contributed by atoms with E-state index >= 15 is 0 Å². The van der Waals surface area contributed by atoms with Crippen LogP contribution in [0.2, 0.25) is 0 Å². The van der Waals surface area contributed by atoms with Crippen molar-refractivity contribution in [1.82, 2.24) is 0 Å². The van der Waals surface area contributed by atoms with E-state index in [2.05, 4.69) is 21.2 Å². The van der Waals surface area contributed by atoms with Gasteiger partial charge in [0.05, 0.1) is 11.8 Å². The molecule has 0 saturated carbocycles. The lowest BCUT2D eigenvalue weighted by Crippen LogP contribution is -2.22. The Hall–Kier alpha value is -0.940. The van der Waals surface area contributed by atoms with E-state index in [4.69, 9.17) is 4.74 Å². The molecule has 0 aliphatic carbocycles. The van der Waals surface area contributed by atoms with Gasteiger partial charge in [0.25, 0.3) is 0 Å². The number of benzene rings is 1. The molecule has 1 unspecified atom stereocenters. The molecule has 0 aromatic heterocycles. The molecule has 104 valence electrons. The van der Waals surface area contributed by atoms with Gasteiger partial charge in [0.2, 0.25) is 5.91 Å². The fourth-order valence-electron chi connectivity index (χ4n) is 2.13. The van der Waals surface area contributed by atoms with E-state index in [0.717, 1.165) is 25.9 Å². The highest BCUT2D eigenvalue weighted by Crippen LogP contribution is 2.20. The largest absolute Gasteiger partial charge is 0.378 e. The van der Waals surface area contributed by atoms with Crippen LogP contribution in [0.1, 0.15) is 32.1 Å². The van der Waals surface area contributed by atoms with Gasteiger partial charge in [-0.25, -0.2) is 4.39 Å². The van der Waals surface area contributed by atoms with Gasteiger partial charge < -0.3 is 10.1 Å². The molecule has 1 aliphatic rings. The van der Waals surface area contributed by atoms with E-state index in [-0.39, 0.29) is 17.7 Å². The maximum absolute atomic E-state index is 13.5. The highest BCUT2D eigenvalue weighted by atomic mass is 79.9. The van der Waals surface area contributed by atoms with Crippen LogP contribution in [0.3, 0.4) is 0 Å². The summed E-state index contributed by atoms with van der Waals surface area (Å²) in [5, 5.41) is 2.59. The quantitative estimate of drug-likeness (QED) is 0.910. The van der Waals surface area contributed by atoms with Gasteiger partial charge in [-0.05, 0) is 43.9 Å². The van der Waals surface area contributed by atoms with Crippen LogP contribution in [0.15, 0.2) is 22.7 Å². The molecule has 1 heterocycles. The van der Waals surface area contributed by atoms with Crippen LogP contribution in [0.4, 0.5) is 10.1 Å². The summed E-state index contributed by atoms with van der Waals surface area (Å²) >= 11 is 3.18. The van der Waals surface area contributed by atoms with Crippen LogP contribution in [0.25, 0.3) is 0 Å². The van der Waals surface area contributed by atoms with Crippen LogP contribution >= 0.6 is 15.9 Å². The Balaban J connectivity index is 1.80. The molecular formula is C14H17BrFNO2. The third-order valence-electron chi connectivity index (χ3n) is 3.17. The fourth-order valence-corrected chi connectivity index (χ4v) is 2.46. The van der Waals surface area contributed by atoms with Crippen molar-refractivity contribution in [3.05, 3.63) is 28.5 Å². The number of carbonyl (C=O) groups excluding carboxylic acids is 1. The fraction of sp³-hybridized carbons (Fsp3) is 0.500. The molecule has 0 spiro atoms. The van der Waals surface area contributed by atoms with Crippen LogP contribution in [0.5, 0.6) is 0 Å². The zero-order valence-electron chi connectivity index (χ0n) is 10.6. The highest BCUT2D eigenvalue weighted by Gasteiger charge is 2.15. The van der Waals surface area contributed by atoms with Crippen molar-refractivity contribution < 1.29 is 13.9 Å². The van der Waals surface area contributed by atoms with Crippen LogP contribution in [-0.4, -0.2) is 18.6 Å². The molecular weight excluding hydrogens is 313 g/mol. The second-order valence-electron chi connectivity index (χ2n) is 4.70. The zero-order chi connectivity index (χ0) is 13.7. The third kappa shape index (κ3) is 4.58. The van der Waals surface area contributed by atoms with Crippen molar-refractivity contribution in [3.8, 4) is 0 Å². The van der Waals surface area contributed by atoms with Crippen molar-refractivity contribution in [2.24, 2.45) is 0 Å². The average molecular weight is 330 g/mol. The molecule has 5 heteroatoms. The minimum atomic E-state index is -0.434. The Morgan fingerprint density at radius 1 is 1.47 bits per heavy atom. The summed E-state index contributed by atoms with van der Waals surface area (Å²) in [6.07, 6.45) is 4.51. The van der Waals surface area contributed by atoms with E-state index in [1.165, 1.54) is 6.07 Å². The average Bonchev–Trinajstić information content (AvgIpc) is 2.41. The number of rotatable bonds is 4. The normalized spacial score (nSPS) is 19.2. The van der Waals surface area contributed by atoms with Gasteiger partial charge in [-0.3, -0.25) is 4.79 Å². The number of halogens is 2. The van der Waals surface area contributed by atoms with Crippen LogP contribution in [0, 0.1) is 5.82 Å². The molecule has 1 aromatic rings. The van der Waals surface area contributed by atoms with E-state index < -0.39 is 5.82 Å². The first-order valence-corrected chi connectivity index (χ1v) is 7.31. The van der Waals surface area contributed by atoms with Gasteiger partial charge >= 0.3 is 0 Å². The maximum Gasteiger partial charge on any atom is 0.224 e. The summed E-state index contributed by atoms with van der Waals surface area (Å²) in [7, 11) is 0. The number of nitrogens with one attached hydrogen (secondary N) is 1. The standard InChI is InChI=1S/C14H17BrFNO2/c15-10-4-6-13(12(16)9-10)17-14(18)7-5-11-3-1-2-8-19-11/h4,6,9,11H,1-3,5,7-8H2,(H,17,18). The van der Waals surface area contributed by atoms with Gasteiger partial charge in [0.1, 0.15) is 5.82 Å². The van der Waals surface area contributed by atoms with E-state index in [1.807, 2.05) is 0 Å². The SMILES string of the molecule is O=C(CCC1CCCCO1)Nc1ccc(Br)cc1F. The summed E-state index contributed by atoms with van der Waals surface area (Å²) in [6, 6.07) is 4.58. The summed E-state index contributed by atoms with van der Waals surface area (Å²) in [4.78, 5) is 11.7. The van der Waals surface area contributed by atoms with Crippen molar-refractivity contribution in [2.75, 3.05) is 11.9 Å². The van der Waals surface area contributed by atoms with Gasteiger partial charge in [-0.1, -0.05) is 15.9 Å². The van der Waals surface area contributed by atoms with E-state index in [0.29, 0.717) is 17.3 Å². The number of anilines is 1. The third-order valence-corrected chi connectivity index (χ3v) is 3.67. The highest BCUT2D eigenvalue weighted by molar-refractivity contribution is 9.10. The second kappa shape index (κ2) is 7.01. The molecule has 1 saturated heterocycles. The smallest absolute Gasteiger partial charge is 0.224 e. The first-order valence-electron chi connectivity index (χ1n) is 6.51. The predicted octanol–water partition coefficient (Wildman–Crippen LogP) is 3.88. The Morgan fingerprint density at radius 3 is 3.00 bits per heavy atom. The van der Waals surface area contributed by atoms with E-state index in [9.17, 15) is 9.18 Å². The molecule has 0 radical (unpaired) electrons. The second-order valence-corrected chi connectivity index (χ2v) is 5.62. The lowest BCUT2D eigenvalue weighted by molar-refractivity contribution is -0.117. The van der Waals surface area contributed by atoms with Crippen molar-refractivity contribution in [2.45, 2.75) is 38.2 Å².